The highest BCUT2D eigenvalue weighted by atomic mass is 35.5. The fourth-order valence-electron chi connectivity index (χ4n) is 1.50. The van der Waals surface area contributed by atoms with Gasteiger partial charge in [0.1, 0.15) is 4.99 Å². The molecule has 1 aromatic rings. The van der Waals surface area contributed by atoms with Gasteiger partial charge in [-0.05, 0) is 38.5 Å². The normalized spacial score (nSPS) is 11.4. The van der Waals surface area contributed by atoms with Gasteiger partial charge in [-0.1, -0.05) is 30.7 Å². The van der Waals surface area contributed by atoms with Crippen LogP contribution in [-0.4, -0.2) is 17.6 Å². The quantitative estimate of drug-likeness (QED) is 0.848. The predicted molar refractivity (Wildman–Crippen MR) is 80.1 cm³/mol. The van der Waals surface area contributed by atoms with Crippen LogP contribution in [0.4, 0.5) is 5.69 Å². The average molecular weight is 271 g/mol. The molecule has 94 valence electrons. The number of hydrogen-bond donors (Lipinski definition) is 1. The topological polar surface area (TPSA) is 29.3 Å². The molecule has 0 amide bonds. The van der Waals surface area contributed by atoms with E-state index in [0.29, 0.717) is 10.0 Å². The molecule has 0 bridgehead atoms. The van der Waals surface area contributed by atoms with Gasteiger partial charge in [0.2, 0.25) is 0 Å². The molecule has 2 nitrogen and oxygen atoms in total. The molecule has 0 atom stereocenters. The lowest BCUT2D eigenvalue weighted by molar-refractivity contribution is 0.471. The van der Waals surface area contributed by atoms with Gasteiger partial charge >= 0.3 is 0 Å². The van der Waals surface area contributed by atoms with Gasteiger partial charge in [0.25, 0.3) is 0 Å². The molecule has 0 fully saturated rings. The molecule has 0 spiro atoms. The zero-order valence-electron chi connectivity index (χ0n) is 10.7. The Bertz CT molecular complexity index is 429. The van der Waals surface area contributed by atoms with Crippen molar-refractivity contribution >= 4 is 34.5 Å². The summed E-state index contributed by atoms with van der Waals surface area (Å²) in [6.45, 7) is 6.56. The smallest absolute Gasteiger partial charge is 0.105 e. The van der Waals surface area contributed by atoms with Gasteiger partial charge in [0.15, 0.2) is 0 Å². The van der Waals surface area contributed by atoms with Crippen molar-refractivity contribution in [1.82, 2.24) is 0 Å². The molecule has 0 aliphatic heterocycles. The number of rotatable bonds is 4. The minimum absolute atomic E-state index is 0.0913. The summed E-state index contributed by atoms with van der Waals surface area (Å²) < 4.78 is 0. The third-order valence-corrected chi connectivity index (χ3v) is 3.91. The summed E-state index contributed by atoms with van der Waals surface area (Å²) in [5.41, 5.74) is 7.48. The largest absolute Gasteiger partial charge is 0.389 e. The Balaban J connectivity index is 3.10. The third-order valence-electron chi connectivity index (χ3n) is 3.38. The van der Waals surface area contributed by atoms with Crippen molar-refractivity contribution in [2.24, 2.45) is 5.73 Å². The zero-order valence-corrected chi connectivity index (χ0v) is 12.3. The molecule has 0 aliphatic carbocycles. The molecule has 0 heterocycles. The van der Waals surface area contributed by atoms with E-state index in [2.05, 4.69) is 32.7 Å². The summed E-state index contributed by atoms with van der Waals surface area (Å²) in [6, 6.07) is 5.79. The second-order valence-electron chi connectivity index (χ2n) is 4.75. The summed E-state index contributed by atoms with van der Waals surface area (Å²) in [5, 5.41) is 0.605. The minimum atomic E-state index is 0.0913. The molecule has 17 heavy (non-hydrogen) atoms. The molecule has 1 rings (SSSR count). The van der Waals surface area contributed by atoms with E-state index in [0.717, 1.165) is 17.7 Å². The lowest BCUT2D eigenvalue weighted by atomic mass is 9.99. The second-order valence-corrected chi connectivity index (χ2v) is 5.60. The number of nitrogens with zero attached hydrogens (tertiary/aromatic N) is 1. The molecule has 0 unspecified atom stereocenters. The SMILES string of the molecule is CCC(C)(C)N(C)c1ccc(C(N)=S)c(Cl)c1. The van der Waals surface area contributed by atoms with Crippen LogP contribution in [0, 0.1) is 0 Å². The van der Waals surface area contributed by atoms with Crippen molar-refractivity contribution in [3.05, 3.63) is 28.8 Å². The Labute approximate surface area is 114 Å². The van der Waals surface area contributed by atoms with E-state index >= 15 is 0 Å². The van der Waals surface area contributed by atoms with Crippen molar-refractivity contribution in [1.29, 1.82) is 0 Å². The lowest BCUT2D eigenvalue weighted by Gasteiger charge is -2.37. The van der Waals surface area contributed by atoms with Crippen LogP contribution in [0.15, 0.2) is 18.2 Å². The van der Waals surface area contributed by atoms with E-state index < -0.39 is 0 Å². The molecule has 0 radical (unpaired) electrons. The average Bonchev–Trinajstić information content (AvgIpc) is 2.27. The first-order valence-corrected chi connectivity index (χ1v) is 6.41. The molecule has 1 aromatic carbocycles. The number of anilines is 1. The number of hydrogen-bond acceptors (Lipinski definition) is 2. The van der Waals surface area contributed by atoms with Gasteiger partial charge in [-0.3, -0.25) is 0 Å². The summed E-state index contributed by atoms with van der Waals surface area (Å²) >= 11 is 11.1. The Hall–Kier alpha value is -0.800. The van der Waals surface area contributed by atoms with Gasteiger partial charge < -0.3 is 10.6 Å². The number of halogens is 1. The maximum Gasteiger partial charge on any atom is 0.105 e. The highest BCUT2D eigenvalue weighted by Crippen LogP contribution is 2.28. The molecule has 0 saturated carbocycles. The van der Waals surface area contributed by atoms with E-state index in [1.165, 1.54) is 0 Å². The fourth-order valence-corrected chi connectivity index (χ4v) is 2.01. The van der Waals surface area contributed by atoms with Crippen LogP contribution in [0.3, 0.4) is 0 Å². The number of thiocarbonyl (C=S) groups is 1. The molecule has 4 heteroatoms. The molecular weight excluding hydrogens is 252 g/mol. The number of nitrogens with two attached hydrogens (primary N) is 1. The first kappa shape index (κ1) is 14.3. The minimum Gasteiger partial charge on any atom is -0.389 e. The first-order chi connectivity index (χ1) is 7.79. The third kappa shape index (κ3) is 3.11. The Kier molecular flexibility index (Phi) is 4.39. The van der Waals surface area contributed by atoms with Crippen LogP contribution >= 0.6 is 23.8 Å². The van der Waals surface area contributed by atoms with E-state index in [9.17, 15) is 0 Å². The Morgan fingerprint density at radius 2 is 2.06 bits per heavy atom. The zero-order chi connectivity index (χ0) is 13.2. The van der Waals surface area contributed by atoms with Crippen molar-refractivity contribution in [3.8, 4) is 0 Å². The van der Waals surface area contributed by atoms with Crippen LogP contribution < -0.4 is 10.6 Å². The van der Waals surface area contributed by atoms with E-state index in [1.807, 2.05) is 18.2 Å². The molecule has 0 saturated heterocycles. The van der Waals surface area contributed by atoms with E-state index in [1.54, 1.807) is 0 Å². The van der Waals surface area contributed by atoms with Gasteiger partial charge in [-0.25, -0.2) is 0 Å². The highest BCUT2D eigenvalue weighted by Gasteiger charge is 2.21. The van der Waals surface area contributed by atoms with Crippen molar-refractivity contribution in [2.45, 2.75) is 32.7 Å². The summed E-state index contributed by atoms with van der Waals surface area (Å²) in [4.78, 5) is 2.54. The maximum atomic E-state index is 6.17. The van der Waals surface area contributed by atoms with Crippen molar-refractivity contribution in [2.75, 3.05) is 11.9 Å². The summed E-state index contributed by atoms with van der Waals surface area (Å²) in [5.74, 6) is 0. The highest BCUT2D eigenvalue weighted by molar-refractivity contribution is 7.80. The molecule has 0 aliphatic rings. The molecular formula is C13H19ClN2S. The van der Waals surface area contributed by atoms with E-state index in [-0.39, 0.29) is 5.54 Å². The Morgan fingerprint density at radius 1 is 1.47 bits per heavy atom. The maximum absolute atomic E-state index is 6.17. The van der Waals surface area contributed by atoms with Crippen molar-refractivity contribution in [3.63, 3.8) is 0 Å². The van der Waals surface area contributed by atoms with Gasteiger partial charge in [-0.15, -0.1) is 0 Å². The summed E-state index contributed by atoms with van der Waals surface area (Å²) in [6.07, 6.45) is 1.05. The first-order valence-electron chi connectivity index (χ1n) is 5.62. The second kappa shape index (κ2) is 5.23. The predicted octanol–water partition coefficient (Wildman–Crippen LogP) is 3.60. The van der Waals surface area contributed by atoms with Crippen LogP contribution in [-0.2, 0) is 0 Å². The van der Waals surface area contributed by atoms with Crippen LogP contribution in [0.1, 0.15) is 32.8 Å². The standard InChI is InChI=1S/C13H19ClN2S/c1-5-13(2,3)16(4)9-6-7-10(12(15)17)11(14)8-9/h6-8H,5H2,1-4H3,(H2,15,17). The molecule has 2 N–H and O–H groups in total. The summed E-state index contributed by atoms with van der Waals surface area (Å²) in [7, 11) is 2.07. The van der Waals surface area contributed by atoms with Crippen LogP contribution in [0.5, 0.6) is 0 Å². The van der Waals surface area contributed by atoms with Gasteiger partial charge in [-0.2, -0.15) is 0 Å². The number of benzene rings is 1. The Morgan fingerprint density at radius 3 is 2.47 bits per heavy atom. The van der Waals surface area contributed by atoms with Gasteiger partial charge in [0.05, 0.1) is 5.02 Å². The van der Waals surface area contributed by atoms with Crippen LogP contribution in [0.2, 0.25) is 5.02 Å². The fraction of sp³-hybridized carbons (Fsp3) is 0.462. The van der Waals surface area contributed by atoms with Gasteiger partial charge in [0, 0.05) is 23.8 Å². The monoisotopic (exact) mass is 270 g/mol. The van der Waals surface area contributed by atoms with Crippen LogP contribution in [0.25, 0.3) is 0 Å². The van der Waals surface area contributed by atoms with E-state index in [4.69, 9.17) is 29.6 Å². The molecule has 0 aromatic heterocycles. The lowest BCUT2D eigenvalue weighted by Crippen LogP contribution is -2.40. The van der Waals surface area contributed by atoms with Crippen molar-refractivity contribution < 1.29 is 0 Å².